The predicted molar refractivity (Wildman–Crippen MR) is 128 cm³/mol. The van der Waals surface area contributed by atoms with Crippen LogP contribution in [0.2, 0.25) is 0 Å². The van der Waals surface area contributed by atoms with Gasteiger partial charge in [0.25, 0.3) is 0 Å². The summed E-state index contributed by atoms with van der Waals surface area (Å²) < 4.78 is 11.1. The lowest BCUT2D eigenvalue weighted by Gasteiger charge is -2.37. The second-order valence-corrected chi connectivity index (χ2v) is 9.26. The molecule has 2 aliphatic rings. The van der Waals surface area contributed by atoms with Crippen LogP contribution in [0, 0.1) is 0 Å². The molecule has 0 radical (unpaired) electrons. The van der Waals surface area contributed by atoms with Gasteiger partial charge in [0, 0.05) is 36.6 Å². The Morgan fingerprint density at radius 1 is 1.00 bits per heavy atom. The normalized spacial score (nSPS) is 17.7. The van der Waals surface area contributed by atoms with Gasteiger partial charge in [0.15, 0.2) is 11.5 Å². The van der Waals surface area contributed by atoms with Crippen molar-refractivity contribution >= 4 is 22.9 Å². The molecular formula is C26H28N2O3S. The largest absolute Gasteiger partial charge is 0.493 e. The first-order chi connectivity index (χ1) is 15.7. The van der Waals surface area contributed by atoms with Crippen molar-refractivity contribution in [2.24, 2.45) is 0 Å². The van der Waals surface area contributed by atoms with E-state index < -0.39 is 0 Å². The van der Waals surface area contributed by atoms with Crippen LogP contribution in [0.1, 0.15) is 34.0 Å². The summed E-state index contributed by atoms with van der Waals surface area (Å²) in [6.07, 6.45) is 2.38. The highest BCUT2D eigenvalue weighted by molar-refractivity contribution is 7.10. The standard InChI is InChI=1S/C26H28N2O3S/c1-30-22-16-19-9-12-27(26(24-8-5-15-32-24)20(19)17-23(22)31-2)13-11-25(29)28-14-10-18-6-3-4-7-21(18)28/h3-8,15-17,26H,9-14H2,1-2H3. The minimum absolute atomic E-state index is 0.122. The highest BCUT2D eigenvalue weighted by atomic mass is 32.1. The number of para-hydroxylation sites is 1. The van der Waals surface area contributed by atoms with Crippen LogP contribution < -0.4 is 14.4 Å². The maximum atomic E-state index is 13.1. The van der Waals surface area contributed by atoms with Crippen LogP contribution in [0.5, 0.6) is 11.5 Å². The number of thiophene rings is 1. The summed E-state index contributed by atoms with van der Waals surface area (Å²) >= 11 is 1.76. The number of benzene rings is 2. The van der Waals surface area contributed by atoms with Gasteiger partial charge >= 0.3 is 0 Å². The minimum atomic E-state index is 0.122. The van der Waals surface area contributed by atoms with Gasteiger partial charge in [0.05, 0.1) is 20.3 Å². The van der Waals surface area contributed by atoms with Crippen LogP contribution in [-0.4, -0.2) is 44.7 Å². The lowest BCUT2D eigenvalue weighted by molar-refractivity contribution is -0.118. The van der Waals surface area contributed by atoms with E-state index in [4.69, 9.17) is 9.47 Å². The number of amides is 1. The molecule has 166 valence electrons. The van der Waals surface area contributed by atoms with Crippen LogP contribution in [0.3, 0.4) is 0 Å². The maximum Gasteiger partial charge on any atom is 0.228 e. The Hall–Kier alpha value is -2.83. The SMILES string of the molecule is COc1cc2c(cc1OC)C(c1cccs1)N(CCC(=O)N1CCc3ccccc31)CC2. The zero-order chi connectivity index (χ0) is 22.1. The van der Waals surface area contributed by atoms with Gasteiger partial charge in [-0.05, 0) is 59.2 Å². The summed E-state index contributed by atoms with van der Waals surface area (Å²) in [6, 6.07) is 16.9. The van der Waals surface area contributed by atoms with Gasteiger partial charge in [-0.1, -0.05) is 24.3 Å². The third-order valence-electron chi connectivity index (χ3n) is 6.59. The molecule has 3 aromatic rings. The van der Waals surface area contributed by atoms with Crippen molar-refractivity contribution < 1.29 is 14.3 Å². The molecular weight excluding hydrogens is 420 g/mol. The topological polar surface area (TPSA) is 42.0 Å². The number of hydrogen-bond donors (Lipinski definition) is 0. The van der Waals surface area contributed by atoms with E-state index in [1.807, 2.05) is 17.0 Å². The van der Waals surface area contributed by atoms with E-state index in [0.717, 1.165) is 49.7 Å². The molecule has 5 nitrogen and oxygen atoms in total. The molecule has 1 atom stereocenters. The fourth-order valence-electron chi connectivity index (χ4n) is 4.99. The van der Waals surface area contributed by atoms with Crippen molar-refractivity contribution in [1.29, 1.82) is 0 Å². The number of fused-ring (bicyclic) bond motifs is 2. The number of anilines is 1. The van der Waals surface area contributed by atoms with Crippen LogP contribution in [0.15, 0.2) is 53.9 Å². The number of methoxy groups -OCH3 is 2. The zero-order valence-electron chi connectivity index (χ0n) is 18.5. The molecule has 3 heterocycles. The Labute approximate surface area is 193 Å². The van der Waals surface area contributed by atoms with E-state index >= 15 is 0 Å². The van der Waals surface area contributed by atoms with E-state index in [9.17, 15) is 4.79 Å². The number of nitrogens with zero attached hydrogens (tertiary/aromatic N) is 2. The van der Waals surface area contributed by atoms with Crippen molar-refractivity contribution in [3.8, 4) is 11.5 Å². The molecule has 0 N–H and O–H groups in total. The highest BCUT2D eigenvalue weighted by Gasteiger charge is 2.32. The van der Waals surface area contributed by atoms with Gasteiger partial charge < -0.3 is 14.4 Å². The summed E-state index contributed by atoms with van der Waals surface area (Å²) in [5.74, 6) is 1.73. The van der Waals surface area contributed by atoms with Gasteiger partial charge in [-0.15, -0.1) is 11.3 Å². The molecule has 1 unspecified atom stereocenters. The molecule has 0 spiro atoms. The third kappa shape index (κ3) is 3.78. The summed E-state index contributed by atoms with van der Waals surface area (Å²) in [5, 5.41) is 2.12. The van der Waals surface area contributed by atoms with Crippen molar-refractivity contribution in [3.05, 3.63) is 75.5 Å². The van der Waals surface area contributed by atoms with Gasteiger partial charge in [-0.25, -0.2) is 0 Å². The van der Waals surface area contributed by atoms with Crippen LogP contribution in [-0.2, 0) is 17.6 Å². The molecule has 0 bridgehead atoms. The molecule has 2 aromatic carbocycles. The summed E-state index contributed by atoms with van der Waals surface area (Å²) in [7, 11) is 3.36. The zero-order valence-corrected chi connectivity index (χ0v) is 19.4. The minimum Gasteiger partial charge on any atom is -0.493 e. The Balaban J connectivity index is 1.39. The van der Waals surface area contributed by atoms with Gasteiger partial charge in [-0.3, -0.25) is 9.69 Å². The number of carbonyl (C=O) groups is 1. The molecule has 5 rings (SSSR count). The fraction of sp³-hybridized carbons (Fsp3) is 0.346. The molecule has 0 saturated heterocycles. The Kier molecular flexibility index (Phi) is 5.89. The van der Waals surface area contributed by atoms with Crippen LogP contribution in [0.4, 0.5) is 5.69 Å². The smallest absolute Gasteiger partial charge is 0.228 e. The Morgan fingerprint density at radius 2 is 1.78 bits per heavy atom. The second-order valence-electron chi connectivity index (χ2n) is 8.28. The first kappa shape index (κ1) is 21.0. The summed E-state index contributed by atoms with van der Waals surface area (Å²) in [6.45, 7) is 2.43. The number of hydrogen-bond acceptors (Lipinski definition) is 5. The number of carbonyl (C=O) groups excluding carboxylic acids is 1. The monoisotopic (exact) mass is 448 g/mol. The fourth-order valence-corrected chi connectivity index (χ4v) is 5.87. The van der Waals surface area contributed by atoms with E-state index in [1.165, 1.54) is 21.6 Å². The molecule has 0 aliphatic carbocycles. The highest BCUT2D eigenvalue weighted by Crippen LogP contribution is 2.42. The first-order valence-corrected chi connectivity index (χ1v) is 12.0. The van der Waals surface area contributed by atoms with Gasteiger partial charge in [-0.2, -0.15) is 0 Å². The third-order valence-corrected chi connectivity index (χ3v) is 7.51. The van der Waals surface area contributed by atoms with Crippen molar-refractivity contribution in [1.82, 2.24) is 4.90 Å². The van der Waals surface area contributed by atoms with Crippen molar-refractivity contribution in [2.75, 3.05) is 38.8 Å². The van der Waals surface area contributed by atoms with Gasteiger partial charge in [0.1, 0.15) is 0 Å². The van der Waals surface area contributed by atoms with Crippen LogP contribution in [0.25, 0.3) is 0 Å². The predicted octanol–water partition coefficient (Wildman–Crippen LogP) is 4.69. The molecule has 0 saturated carbocycles. The lowest BCUT2D eigenvalue weighted by Crippen LogP contribution is -2.39. The molecule has 0 fully saturated rings. The first-order valence-electron chi connectivity index (χ1n) is 11.1. The van der Waals surface area contributed by atoms with Crippen molar-refractivity contribution in [2.45, 2.75) is 25.3 Å². The summed E-state index contributed by atoms with van der Waals surface area (Å²) in [5.41, 5.74) is 4.88. The van der Waals surface area contributed by atoms with Crippen molar-refractivity contribution in [3.63, 3.8) is 0 Å². The molecule has 2 aliphatic heterocycles. The molecule has 1 amide bonds. The maximum absolute atomic E-state index is 13.1. The average molecular weight is 449 g/mol. The molecule has 1 aromatic heterocycles. The summed E-state index contributed by atoms with van der Waals surface area (Å²) in [4.78, 5) is 18.8. The number of rotatable bonds is 6. The Bertz CT molecular complexity index is 1110. The quantitative estimate of drug-likeness (QED) is 0.549. The molecule has 6 heteroatoms. The van der Waals surface area contributed by atoms with E-state index in [0.29, 0.717) is 6.42 Å². The molecule has 32 heavy (non-hydrogen) atoms. The Morgan fingerprint density at radius 3 is 2.56 bits per heavy atom. The second kappa shape index (κ2) is 8.96. The van der Waals surface area contributed by atoms with E-state index in [-0.39, 0.29) is 11.9 Å². The van der Waals surface area contributed by atoms with E-state index in [2.05, 4.69) is 46.7 Å². The van der Waals surface area contributed by atoms with E-state index in [1.54, 1.807) is 25.6 Å². The average Bonchev–Trinajstić information content (AvgIpc) is 3.51. The number of ether oxygens (including phenoxy) is 2. The van der Waals surface area contributed by atoms with Crippen LogP contribution >= 0.6 is 11.3 Å². The lowest BCUT2D eigenvalue weighted by atomic mass is 9.90. The van der Waals surface area contributed by atoms with Gasteiger partial charge in [0.2, 0.25) is 5.91 Å².